The van der Waals surface area contributed by atoms with Crippen LogP contribution in [0.4, 0.5) is 0 Å². The quantitative estimate of drug-likeness (QED) is 0.915. The molecule has 0 radical (unpaired) electrons. The summed E-state index contributed by atoms with van der Waals surface area (Å²) in [6.45, 7) is 4.50. The fourth-order valence-corrected chi connectivity index (χ4v) is 2.48. The van der Waals surface area contributed by atoms with Gasteiger partial charge in [-0.2, -0.15) is 0 Å². The van der Waals surface area contributed by atoms with E-state index in [9.17, 15) is 0 Å². The molecule has 88 valence electrons. The Morgan fingerprint density at radius 2 is 2.44 bits per heavy atom. The average Bonchev–Trinajstić information content (AvgIpc) is 2.70. The first-order valence-electron chi connectivity index (χ1n) is 5.75. The lowest BCUT2D eigenvalue weighted by molar-refractivity contribution is 0.311. The summed E-state index contributed by atoms with van der Waals surface area (Å²) in [6.07, 6.45) is 3.17. The Morgan fingerprint density at radius 1 is 1.56 bits per heavy atom. The lowest BCUT2D eigenvalue weighted by atomic mass is 10.1. The summed E-state index contributed by atoms with van der Waals surface area (Å²) < 4.78 is 1.05. The van der Waals surface area contributed by atoms with E-state index in [4.69, 9.17) is 0 Å². The van der Waals surface area contributed by atoms with Gasteiger partial charge in [-0.25, -0.2) is 0 Å². The first-order valence-corrected chi connectivity index (χ1v) is 6.54. The molecule has 4 heteroatoms. The molecular formula is C12H18BrN3. The van der Waals surface area contributed by atoms with Crippen molar-refractivity contribution in [1.29, 1.82) is 0 Å². The van der Waals surface area contributed by atoms with Crippen molar-refractivity contribution in [2.24, 2.45) is 5.92 Å². The molecule has 1 aliphatic rings. The van der Waals surface area contributed by atoms with E-state index in [1.807, 2.05) is 13.2 Å². The van der Waals surface area contributed by atoms with Gasteiger partial charge in [0.15, 0.2) is 0 Å². The summed E-state index contributed by atoms with van der Waals surface area (Å²) in [4.78, 5) is 6.89. The number of nitrogens with zero attached hydrogens (tertiary/aromatic N) is 2. The summed E-state index contributed by atoms with van der Waals surface area (Å²) in [7, 11) is 2.03. The summed E-state index contributed by atoms with van der Waals surface area (Å²) in [6, 6.07) is 4.15. The molecule has 1 N–H and O–H groups in total. The van der Waals surface area contributed by atoms with Crippen LogP contribution in [-0.2, 0) is 6.54 Å². The molecule has 1 aromatic rings. The van der Waals surface area contributed by atoms with Crippen molar-refractivity contribution < 1.29 is 0 Å². The second-order valence-electron chi connectivity index (χ2n) is 4.42. The number of hydrogen-bond acceptors (Lipinski definition) is 3. The van der Waals surface area contributed by atoms with E-state index in [1.54, 1.807) is 0 Å². The standard InChI is InChI=1S/C12H18BrN3/c1-14-6-10-4-5-16(8-10)9-12-3-2-11(13)7-15-12/h2-3,7,10,14H,4-6,8-9H2,1H3. The molecule has 0 saturated carbocycles. The Morgan fingerprint density at radius 3 is 3.12 bits per heavy atom. The van der Waals surface area contributed by atoms with E-state index in [2.05, 4.69) is 43.3 Å². The van der Waals surface area contributed by atoms with E-state index >= 15 is 0 Å². The summed E-state index contributed by atoms with van der Waals surface area (Å²) in [5, 5.41) is 3.25. The number of pyridine rings is 1. The van der Waals surface area contributed by atoms with E-state index in [0.29, 0.717) is 0 Å². The third-order valence-electron chi connectivity index (χ3n) is 3.04. The predicted octanol–water partition coefficient (Wildman–Crippen LogP) is 1.89. The Kier molecular flexibility index (Phi) is 4.32. The minimum atomic E-state index is 0.806. The van der Waals surface area contributed by atoms with Crippen molar-refractivity contribution in [3.8, 4) is 0 Å². The van der Waals surface area contributed by atoms with E-state index < -0.39 is 0 Å². The molecule has 2 rings (SSSR count). The zero-order chi connectivity index (χ0) is 11.4. The van der Waals surface area contributed by atoms with Crippen LogP contribution >= 0.6 is 15.9 Å². The zero-order valence-corrected chi connectivity index (χ0v) is 11.2. The second kappa shape index (κ2) is 5.75. The van der Waals surface area contributed by atoms with Gasteiger partial charge in [0.05, 0.1) is 5.69 Å². The van der Waals surface area contributed by atoms with Gasteiger partial charge in [0.1, 0.15) is 0 Å². The molecule has 2 heterocycles. The first-order chi connectivity index (χ1) is 7.78. The second-order valence-corrected chi connectivity index (χ2v) is 5.33. The lowest BCUT2D eigenvalue weighted by Gasteiger charge is -2.15. The predicted molar refractivity (Wildman–Crippen MR) is 69.2 cm³/mol. The molecular weight excluding hydrogens is 266 g/mol. The molecule has 0 bridgehead atoms. The number of halogens is 1. The Hall–Kier alpha value is -0.450. The van der Waals surface area contributed by atoms with Crippen molar-refractivity contribution >= 4 is 15.9 Å². The van der Waals surface area contributed by atoms with E-state index in [0.717, 1.165) is 29.2 Å². The molecule has 0 aromatic carbocycles. The van der Waals surface area contributed by atoms with Crippen LogP contribution in [0.15, 0.2) is 22.8 Å². The molecule has 0 amide bonds. The third-order valence-corrected chi connectivity index (χ3v) is 3.51. The Labute approximate surface area is 105 Å². The molecule has 3 nitrogen and oxygen atoms in total. The van der Waals surface area contributed by atoms with Gasteiger partial charge >= 0.3 is 0 Å². The average molecular weight is 284 g/mol. The van der Waals surface area contributed by atoms with Crippen molar-refractivity contribution in [3.63, 3.8) is 0 Å². The SMILES string of the molecule is CNCC1CCN(Cc2ccc(Br)cn2)C1. The highest BCUT2D eigenvalue weighted by Gasteiger charge is 2.21. The smallest absolute Gasteiger partial charge is 0.0544 e. The van der Waals surface area contributed by atoms with E-state index in [-0.39, 0.29) is 0 Å². The Bertz CT molecular complexity index is 326. The Balaban J connectivity index is 1.84. The number of nitrogens with one attached hydrogen (secondary N) is 1. The topological polar surface area (TPSA) is 28.2 Å². The number of hydrogen-bond donors (Lipinski definition) is 1. The van der Waals surface area contributed by atoms with Gasteiger partial charge in [-0.05, 0) is 60.5 Å². The van der Waals surface area contributed by atoms with Gasteiger partial charge in [0, 0.05) is 23.8 Å². The van der Waals surface area contributed by atoms with Crippen molar-refractivity contribution in [1.82, 2.24) is 15.2 Å². The van der Waals surface area contributed by atoms with Gasteiger partial charge in [-0.3, -0.25) is 9.88 Å². The molecule has 16 heavy (non-hydrogen) atoms. The molecule has 1 aromatic heterocycles. The molecule has 1 fully saturated rings. The fraction of sp³-hybridized carbons (Fsp3) is 0.583. The van der Waals surface area contributed by atoms with Crippen LogP contribution in [0, 0.1) is 5.92 Å². The number of rotatable bonds is 4. The molecule has 1 atom stereocenters. The van der Waals surface area contributed by atoms with Crippen LogP contribution in [0.1, 0.15) is 12.1 Å². The van der Waals surface area contributed by atoms with Gasteiger partial charge < -0.3 is 5.32 Å². The maximum atomic E-state index is 4.41. The van der Waals surface area contributed by atoms with Crippen molar-refractivity contribution in [3.05, 3.63) is 28.5 Å². The minimum absolute atomic E-state index is 0.806. The largest absolute Gasteiger partial charge is 0.319 e. The fourth-order valence-electron chi connectivity index (χ4n) is 2.24. The highest BCUT2D eigenvalue weighted by atomic mass is 79.9. The summed E-state index contributed by atoms with van der Waals surface area (Å²) in [5.41, 5.74) is 1.16. The molecule has 0 spiro atoms. The van der Waals surface area contributed by atoms with Gasteiger partial charge in [-0.15, -0.1) is 0 Å². The van der Waals surface area contributed by atoms with E-state index in [1.165, 1.54) is 19.5 Å². The highest BCUT2D eigenvalue weighted by Crippen LogP contribution is 2.17. The molecule has 0 aliphatic carbocycles. The van der Waals surface area contributed by atoms with Crippen LogP contribution in [-0.4, -0.2) is 36.6 Å². The maximum absolute atomic E-state index is 4.41. The van der Waals surface area contributed by atoms with Crippen LogP contribution in [0.25, 0.3) is 0 Å². The molecule has 1 unspecified atom stereocenters. The first kappa shape index (κ1) is 12.0. The third kappa shape index (κ3) is 3.27. The zero-order valence-electron chi connectivity index (χ0n) is 9.62. The van der Waals surface area contributed by atoms with Gasteiger partial charge in [0.2, 0.25) is 0 Å². The van der Waals surface area contributed by atoms with Crippen LogP contribution < -0.4 is 5.32 Å². The lowest BCUT2D eigenvalue weighted by Crippen LogP contribution is -2.24. The minimum Gasteiger partial charge on any atom is -0.319 e. The number of likely N-dealkylation sites (tertiary alicyclic amines) is 1. The van der Waals surface area contributed by atoms with Crippen LogP contribution in [0.3, 0.4) is 0 Å². The van der Waals surface area contributed by atoms with Crippen molar-refractivity contribution in [2.75, 3.05) is 26.7 Å². The normalized spacial score (nSPS) is 21.5. The molecule has 1 saturated heterocycles. The molecule has 1 aliphatic heterocycles. The number of aromatic nitrogens is 1. The van der Waals surface area contributed by atoms with Gasteiger partial charge in [0.25, 0.3) is 0 Å². The van der Waals surface area contributed by atoms with Crippen LogP contribution in [0.2, 0.25) is 0 Å². The highest BCUT2D eigenvalue weighted by molar-refractivity contribution is 9.10. The summed E-state index contributed by atoms with van der Waals surface area (Å²) in [5.74, 6) is 0.806. The van der Waals surface area contributed by atoms with Crippen molar-refractivity contribution in [2.45, 2.75) is 13.0 Å². The monoisotopic (exact) mass is 283 g/mol. The van der Waals surface area contributed by atoms with Gasteiger partial charge in [-0.1, -0.05) is 0 Å². The maximum Gasteiger partial charge on any atom is 0.0544 e. The summed E-state index contributed by atoms with van der Waals surface area (Å²) >= 11 is 3.40. The van der Waals surface area contributed by atoms with Crippen LogP contribution in [0.5, 0.6) is 0 Å².